The van der Waals surface area contributed by atoms with Crippen LogP contribution in [0.25, 0.3) is 22.4 Å². The van der Waals surface area contributed by atoms with Crippen molar-refractivity contribution < 1.29 is 9.53 Å². The predicted octanol–water partition coefficient (Wildman–Crippen LogP) is 2.64. The average molecular weight is 284 g/mol. The van der Waals surface area contributed by atoms with Crippen molar-refractivity contribution in [2.75, 3.05) is 0 Å². The van der Waals surface area contributed by atoms with Gasteiger partial charge in [-0.05, 0) is 32.0 Å². The van der Waals surface area contributed by atoms with E-state index in [-0.39, 0.29) is 0 Å². The van der Waals surface area contributed by atoms with Crippen LogP contribution in [0.4, 0.5) is 4.79 Å². The van der Waals surface area contributed by atoms with Crippen molar-refractivity contribution in [3.63, 3.8) is 0 Å². The number of primary amides is 1. The van der Waals surface area contributed by atoms with Gasteiger partial charge in [-0.1, -0.05) is 6.07 Å². The number of aryl methyl sites for hydroxylation is 1. The zero-order chi connectivity index (χ0) is 15.1. The van der Waals surface area contributed by atoms with E-state index in [1.165, 1.54) is 0 Å². The highest BCUT2D eigenvalue weighted by atomic mass is 16.5. The van der Waals surface area contributed by atoms with Crippen LogP contribution >= 0.6 is 0 Å². The number of para-hydroxylation sites is 1. The van der Waals surface area contributed by atoms with Gasteiger partial charge in [0, 0.05) is 24.0 Å². The fraction of sp³-hybridized carbons (Fsp3) is 0.200. The van der Waals surface area contributed by atoms with Crippen LogP contribution in [0.2, 0.25) is 0 Å². The standard InChI is InChI=1S/C15H16N4O2/c1-8-7-10(9(2)19(8)3)14-17-11-5-4-6-12(13(11)18-14)21-15(16)20/h4-7H,1-3H3,(H2,16,20)(H,17,18). The lowest BCUT2D eigenvalue weighted by Gasteiger charge is -2.00. The van der Waals surface area contributed by atoms with Crippen LogP contribution in [0.5, 0.6) is 5.75 Å². The molecule has 0 fully saturated rings. The molecule has 0 aliphatic heterocycles. The summed E-state index contributed by atoms with van der Waals surface area (Å²) in [6, 6.07) is 7.40. The Morgan fingerprint density at radius 1 is 1.38 bits per heavy atom. The number of H-pyrrole nitrogens is 1. The van der Waals surface area contributed by atoms with E-state index >= 15 is 0 Å². The second kappa shape index (κ2) is 4.66. The SMILES string of the molecule is Cc1cc(-c2nc3c(OC(N)=O)cccc3[nH]2)c(C)n1C. The number of nitrogens with one attached hydrogen (secondary N) is 1. The Bertz CT molecular complexity index is 845. The lowest BCUT2D eigenvalue weighted by Crippen LogP contribution is -2.16. The highest BCUT2D eigenvalue weighted by Gasteiger charge is 2.15. The summed E-state index contributed by atoms with van der Waals surface area (Å²) in [5, 5.41) is 0. The number of hydrogen-bond donors (Lipinski definition) is 2. The largest absolute Gasteiger partial charge is 0.410 e. The number of aromatic nitrogens is 3. The molecule has 2 aromatic heterocycles. The number of imidazole rings is 1. The molecule has 1 aromatic carbocycles. The molecule has 6 heteroatoms. The third-order valence-corrected chi connectivity index (χ3v) is 3.72. The first kappa shape index (κ1) is 13.2. The molecule has 21 heavy (non-hydrogen) atoms. The van der Waals surface area contributed by atoms with Gasteiger partial charge < -0.3 is 20.0 Å². The number of nitrogens with two attached hydrogens (primary N) is 1. The third-order valence-electron chi connectivity index (χ3n) is 3.72. The number of nitrogens with zero attached hydrogens (tertiary/aromatic N) is 2. The van der Waals surface area contributed by atoms with E-state index in [9.17, 15) is 4.79 Å². The maximum atomic E-state index is 10.9. The number of carbonyl (C=O) groups excluding carboxylic acids is 1. The highest BCUT2D eigenvalue weighted by Crippen LogP contribution is 2.29. The van der Waals surface area contributed by atoms with Crippen molar-refractivity contribution in [3.8, 4) is 17.1 Å². The number of ether oxygens (including phenoxy) is 1. The van der Waals surface area contributed by atoms with Gasteiger partial charge in [-0.25, -0.2) is 9.78 Å². The topological polar surface area (TPSA) is 85.9 Å². The summed E-state index contributed by atoms with van der Waals surface area (Å²) in [4.78, 5) is 18.7. The minimum absolute atomic E-state index is 0.354. The molecule has 0 saturated carbocycles. The van der Waals surface area contributed by atoms with Crippen LogP contribution < -0.4 is 10.5 Å². The van der Waals surface area contributed by atoms with E-state index in [1.54, 1.807) is 12.1 Å². The number of hydrogen-bond acceptors (Lipinski definition) is 3. The number of carbonyl (C=O) groups is 1. The summed E-state index contributed by atoms with van der Waals surface area (Å²) in [5.74, 6) is 1.10. The van der Waals surface area contributed by atoms with E-state index in [4.69, 9.17) is 10.5 Å². The van der Waals surface area contributed by atoms with Crippen molar-refractivity contribution in [1.82, 2.24) is 14.5 Å². The van der Waals surface area contributed by atoms with Gasteiger partial charge in [-0.3, -0.25) is 0 Å². The Labute approximate surface area is 121 Å². The van der Waals surface area contributed by atoms with Gasteiger partial charge in [-0.15, -0.1) is 0 Å². The Kier molecular flexibility index (Phi) is 2.94. The molecule has 3 N–H and O–H groups in total. The first-order valence-electron chi connectivity index (χ1n) is 6.56. The molecule has 0 aliphatic carbocycles. The molecule has 0 aliphatic rings. The van der Waals surface area contributed by atoms with Crippen molar-refractivity contribution in [2.24, 2.45) is 12.8 Å². The summed E-state index contributed by atoms with van der Waals surface area (Å²) >= 11 is 0. The normalized spacial score (nSPS) is 11.0. The molecule has 3 rings (SSSR count). The summed E-state index contributed by atoms with van der Waals surface area (Å²) in [6.45, 7) is 4.08. The third kappa shape index (κ3) is 2.14. The van der Waals surface area contributed by atoms with Crippen molar-refractivity contribution in [3.05, 3.63) is 35.7 Å². The zero-order valence-electron chi connectivity index (χ0n) is 12.1. The van der Waals surface area contributed by atoms with Gasteiger partial charge in [0.1, 0.15) is 11.3 Å². The summed E-state index contributed by atoms with van der Waals surface area (Å²) in [7, 11) is 2.01. The smallest absolute Gasteiger partial charge is 0.408 e. The number of fused-ring (bicyclic) bond motifs is 1. The second-order valence-corrected chi connectivity index (χ2v) is 5.00. The first-order chi connectivity index (χ1) is 9.97. The van der Waals surface area contributed by atoms with E-state index in [2.05, 4.69) is 20.6 Å². The molecule has 0 bridgehead atoms. The van der Waals surface area contributed by atoms with Gasteiger partial charge in [0.05, 0.1) is 5.52 Å². The van der Waals surface area contributed by atoms with Crippen molar-refractivity contribution in [2.45, 2.75) is 13.8 Å². The van der Waals surface area contributed by atoms with Crippen molar-refractivity contribution in [1.29, 1.82) is 0 Å². The van der Waals surface area contributed by atoms with Crippen LogP contribution in [0.3, 0.4) is 0 Å². The fourth-order valence-electron chi connectivity index (χ4n) is 2.42. The van der Waals surface area contributed by atoms with Gasteiger partial charge in [0.15, 0.2) is 5.75 Å². The first-order valence-corrected chi connectivity index (χ1v) is 6.56. The van der Waals surface area contributed by atoms with E-state index in [0.717, 1.165) is 28.3 Å². The monoisotopic (exact) mass is 284 g/mol. The van der Waals surface area contributed by atoms with Crippen LogP contribution in [-0.4, -0.2) is 20.6 Å². The number of rotatable bonds is 2. The molecule has 0 saturated heterocycles. The molecule has 0 spiro atoms. The van der Waals surface area contributed by atoms with Gasteiger partial charge in [0.25, 0.3) is 0 Å². The van der Waals surface area contributed by atoms with Crippen LogP contribution in [0.15, 0.2) is 24.3 Å². The minimum atomic E-state index is -0.848. The Morgan fingerprint density at radius 2 is 2.14 bits per heavy atom. The molecule has 3 aromatic rings. The molecule has 6 nitrogen and oxygen atoms in total. The van der Waals surface area contributed by atoms with Crippen LogP contribution in [-0.2, 0) is 7.05 Å². The van der Waals surface area contributed by atoms with E-state index in [1.807, 2.05) is 27.0 Å². The summed E-state index contributed by atoms with van der Waals surface area (Å²) in [5.41, 5.74) is 9.75. The molecular formula is C15H16N4O2. The minimum Gasteiger partial charge on any atom is -0.408 e. The zero-order valence-corrected chi connectivity index (χ0v) is 12.1. The number of benzene rings is 1. The van der Waals surface area contributed by atoms with Gasteiger partial charge in [0.2, 0.25) is 0 Å². The maximum Gasteiger partial charge on any atom is 0.410 e. The highest BCUT2D eigenvalue weighted by molar-refractivity contribution is 5.87. The van der Waals surface area contributed by atoms with E-state index < -0.39 is 6.09 Å². The fourth-order valence-corrected chi connectivity index (χ4v) is 2.42. The average Bonchev–Trinajstić information content (AvgIpc) is 2.96. The molecule has 0 radical (unpaired) electrons. The van der Waals surface area contributed by atoms with Gasteiger partial charge >= 0.3 is 6.09 Å². The van der Waals surface area contributed by atoms with Crippen LogP contribution in [0, 0.1) is 13.8 Å². The van der Waals surface area contributed by atoms with Gasteiger partial charge in [-0.2, -0.15) is 0 Å². The molecule has 2 heterocycles. The van der Waals surface area contributed by atoms with Crippen molar-refractivity contribution >= 4 is 17.1 Å². The number of aromatic amines is 1. The Morgan fingerprint density at radius 3 is 2.76 bits per heavy atom. The maximum absolute atomic E-state index is 10.9. The summed E-state index contributed by atoms with van der Waals surface area (Å²) < 4.78 is 7.09. The summed E-state index contributed by atoms with van der Waals surface area (Å²) in [6.07, 6.45) is -0.848. The second-order valence-electron chi connectivity index (χ2n) is 5.00. The quantitative estimate of drug-likeness (QED) is 0.758. The lowest BCUT2D eigenvalue weighted by molar-refractivity contribution is 0.211. The molecule has 108 valence electrons. The lowest BCUT2D eigenvalue weighted by atomic mass is 10.2. The molecular weight excluding hydrogens is 268 g/mol. The van der Waals surface area contributed by atoms with Crippen LogP contribution in [0.1, 0.15) is 11.4 Å². The number of amides is 1. The predicted molar refractivity (Wildman–Crippen MR) is 80.2 cm³/mol. The van der Waals surface area contributed by atoms with E-state index in [0.29, 0.717) is 11.3 Å². The molecule has 0 unspecified atom stereocenters. The Balaban J connectivity index is 2.17. The Hall–Kier alpha value is -2.76. The molecule has 0 atom stereocenters. The molecule has 1 amide bonds.